The predicted molar refractivity (Wildman–Crippen MR) is 74.3 cm³/mol. The van der Waals surface area contributed by atoms with Crippen LogP contribution in [0.4, 0.5) is 5.82 Å². The fraction of sp³-hybridized carbons (Fsp3) is 0.154. The molecule has 0 spiro atoms. The van der Waals surface area contributed by atoms with E-state index in [-0.39, 0.29) is 0 Å². The molecule has 0 fully saturated rings. The number of aromatic nitrogens is 4. The van der Waals surface area contributed by atoms with Gasteiger partial charge in [-0.05, 0) is 18.6 Å². The summed E-state index contributed by atoms with van der Waals surface area (Å²) in [6, 6.07) is 7.71. The first-order chi connectivity index (χ1) is 9.25. The van der Waals surface area contributed by atoms with Gasteiger partial charge in [-0.15, -0.1) is 10.2 Å². The Bertz CT molecular complexity index is 722. The zero-order valence-electron chi connectivity index (χ0n) is 10.3. The Morgan fingerprint density at radius 3 is 2.95 bits per heavy atom. The molecule has 1 aromatic carbocycles. The number of anilines is 1. The Balaban J connectivity index is 1.88. The molecule has 0 aliphatic carbocycles. The van der Waals surface area contributed by atoms with E-state index in [9.17, 15) is 0 Å². The molecule has 1 N–H and O–H groups in total. The number of aryl methyl sites for hydroxylation is 1. The van der Waals surface area contributed by atoms with Gasteiger partial charge in [0, 0.05) is 24.0 Å². The minimum absolute atomic E-state index is 0.595. The standard InChI is InChI=1S/C13H12ClN5/c1-9-17-18-13-12(15-6-7-19(9)13)16-8-10-4-2-3-5-11(10)14/h2-7H,8H2,1H3,(H,15,16). The Morgan fingerprint density at radius 1 is 1.26 bits per heavy atom. The largest absolute Gasteiger partial charge is 0.363 e. The summed E-state index contributed by atoms with van der Waals surface area (Å²) in [6.45, 7) is 2.50. The highest BCUT2D eigenvalue weighted by molar-refractivity contribution is 6.31. The van der Waals surface area contributed by atoms with E-state index in [0.29, 0.717) is 18.0 Å². The van der Waals surface area contributed by atoms with Gasteiger partial charge >= 0.3 is 0 Å². The van der Waals surface area contributed by atoms with Crippen LogP contribution in [-0.4, -0.2) is 19.6 Å². The fourth-order valence-electron chi connectivity index (χ4n) is 1.89. The first-order valence-corrected chi connectivity index (χ1v) is 6.27. The maximum Gasteiger partial charge on any atom is 0.203 e. The molecule has 0 aliphatic rings. The summed E-state index contributed by atoms with van der Waals surface area (Å²) in [5, 5.41) is 12.1. The third-order valence-electron chi connectivity index (χ3n) is 2.90. The smallest absolute Gasteiger partial charge is 0.203 e. The van der Waals surface area contributed by atoms with Gasteiger partial charge in [-0.1, -0.05) is 29.8 Å². The summed E-state index contributed by atoms with van der Waals surface area (Å²) in [5.41, 5.74) is 1.73. The normalized spacial score (nSPS) is 10.8. The van der Waals surface area contributed by atoms with Crippen molar-refractivity contribution >= 4 is 23.1 Å². The lowest BCUT2D eigenvalue weighted by Crippen LogP contribution is -2.04. The molecule has 19 heavy (non-hydrogen) atoms. The molecule has 0 atom stereocenters. The van der Waals surface area contributed by atoms with Crippen LogP contribution < -0.4 is 5.32 Å². The monoisotopic (exact) mass is 273 g/mol. The molecule has 5 nitrogen and oxygen atoms in total. The number of hydrogen-bond acceptors (Lipinski definition) is 4. The number of nitrogens with one attached hydrogen (secondary N) is 1. The summed E-state index contributed by atoms with van der Waals surface area (Å²) >= 11 is 6.12. The molecule has 0 radical (unpaired) electrons. The summed E-state index contributed by atoms with van der Waals surface area (Å²) in [4.78, 5) is 4.29. The van der Waals surface area contributed by atoms with Crippen LogP contribution in [0.15, 0.2) is 36.7 Å². The van der Waals surface area contributed by atoms with Crippen molar-refractivity contribution in [1.29, 1.82) is 0 Å². The third kappa shape index (κ3) is 2.24. The highest BCUT2D eigenvalue weighted by Gasteiger charge is 2.07. The second-order valence-electron chi connectivity index (χ2n) is 4.16. The number of benzene rings is 1. The van der Waals surface area contributed by atoms with Crippen LogP contribution in [0.25, 0.3) is 5.65 Å². The maximum absolute atomic E-state index is 6.12. The Morgan fingerprint density at radius 2 is 2.11 bits per heavy atom. The second-order valence-corrected chi connectivity index (χ2v) is 4.57. The van der Waals surface area contributed by atoms with Crippen LogP contribution in [0.1, 0.15) is 11.4 Å². The van der Waals surface area contributed by atoms with Crippen molar-refractivity contribution in [3.05, 3.63) is 53.1 Å². The predicted octanol–water partition coefficient (Wildman–Crippen LogP) is 2.70. The van der Waals surface area contributed by atoms with E-state index >= 15 is 0 Å². The summed E-state index contributed by atoms with van der Waals surface area (Å²) < 4.78 is 1.89. The quantitative estimate of drug-likeness (QED) is 0.797. The third-order valence-corrected chi connectivity index (χ3v) is 3.27. The summed E-state index contributed by atoms with van der Waals surface area (Å²) in [6.07, 6.45) is 3.56. The molecular formula is C13H12ClN5. The van der Waals surface area contributed by atoms with Gasteiger partial charge in [0.05, 0.1) is 0 Å². The van der Waals surface area contributed by atoms with Crippen LogP contribution in [-0.2, 0) is 6.54 Å². The lowest BCUT2D eigenvalue weighted by atomic mass is 10.2. The van der Waals surface area contributed by atoms with Crippen molar-refractivity contribution in [3.63, 3.8) is 0 Å². The van der Waals surface area contributed by atoms with Crippen molar-refractivity contribution in [2.45, 2.75) is 13.5 Å². The van der Waals surface area contributed by atoms with Gasteiger partial charge in [0.2, 0.25) is 5.65 Å². The van der Waals surface area contributed by atoms with Crippen LogP contribution in [0.5, 0.6) is 0 Å². The van der Waals surface area contributed by atoms with Gasteiger partial charge in [-0.2, -0.15) is 0 Å². The molecule has 6 heteroatoms. The zero-order chi connectivity index (χ0) is 13.2. The number of rotatable bonds is 3. The molecule has 0 saturated heterocycles. The van der Waals surface area contributed by atoms with Crippen LogP contribution >= 0.6 is 11.6 Å². The molecule has 0 amide bonds. The minimum atomic E-state index is 0.595. The lowest BCUT2D eigenvalue weighted by Gasteiger charge is -2.07. The van der Waals surface area contributed by atoms with Crippen molar-refractivity contribution < 1.29 is 0 Å². The first-order valence-electron chi connectivity index (χ1n) is 5.89. The highest BCUT2D eigenvalue weighted by Crippen LogP contribution is 2.18. The van der Waals surface area contributed by atoms with Crippen LogP contribution in [0, 0.1) is 6.92 Å². The van der Waals surface area contributed by atoms with Crippen LogP contribution in [0.3, 0.4) is 0 Å². The van der Waals surface area contributed by atoms with Gasteiger partial charge in [0.25, 0.3) is 0 Å². The Hall–Kier alpha value is -2.14. The summed E-state index contributed by atoms with van der Waals surface area (Å²) in [5.74, 6) is 1.53. The second kappa shape index (κ2) is 4.85. The molecule has 0 saturated carbocycles. The Labute approximate surface area is 115 Å². The van der Waals surface area contributed by atoms with E-state index in [2.05, 4.69) is 20.5 Å². The van der Waals surface area contributed by atoms with Gasteiger partial charge in [0.1, 0.15) is 5.82 Å². The van der Waals surface area contributed by atoms with E-state index in [4.69, 9.17) is 11.6 Å². The van der Waals surface area contributed by atoms with Crippen molar-refractivity contribution in [3.8, 4) is 0 Å². The molecule has 3 aromatic rings. The van der Waals surface area contributed by atoms with Gasteiger partial charge in [-0.3, -0.25) is 4.40 Å². The van der Waals surface area contributed by atoms with Gasteiger partial charge < -0.3 is 5.32 Å². The SMILES string of the molecule is Cc1nnc2c(NCc3ccccc3Cl)nccn12. The lowest BCUT2D eigenvalue weighted by molar-refractivity contribution is 1.000. The zero-order valence-corrected chi connectivity index (χ0v) is 11.1. The van der Waals surface area contributed by atoms with Crippen molar-refractivity contribution in [2.24, 2.45) is 0 Å². The molecule has 96 valence electrons. The van der Waals surface area contributed by atoms with Gasteiger partial charge in [-0.25, -0.2) is 4.98 Å². The highest BCUT2D eigenvalue weighted by atomic mass is 35.5. The summed E-state index contributed by atoms with van der Waals surface area (Å²) in [7, 11) is 0. The fourth-order valence-corrected chi connectivity index (χ4v) is 2.09. The molecular weight excluding hydrogens is 262 g/mol. The molecule has 0 unspecified atom stereocenters. The average Bonchev–Trinajstić information content (AvgIpc) is 2.81. The molecule has 3 rings (SSSR count). The van der Waals surface area contributed by atoms with E-state index < -0.39 is 0 Å². The number of halogens is 1. The molecule has 2 aromatic heterocycles. The molecule has 0 aliphatic heterocycles. The molecule has 0 bridgehead atoms. The van der Waals surface area contributed by atoms with Crippen LogP contribution in [0.2, 0.25) is 5.02 Å². The first kappa shape index (κ1) is 11.9. The number of hydrogen-bond donors (Lipinski definition) is 1. The number of fused-ring (bicyclic) bond motifs is 1. The Kier molecular flexibility index (Phi) is 3.05. The maximum atomic E-state index is 6.12. The van der Waals surface area contributed by atoms with Crippen molar-refractivity contribution in [1.82, 2.24) is 19.6 Å². The van der Waals surface area contributed by atoms with E-state index in [1.165, 1.54) is 0 Å². The topological polar surface area (TPSA) is 55.1 Å². The van der Waals surface area contributed by atoms with E-state index in [1.807, 2.05) is 41.8 Å². The average molecular weight is 274 g/mol. The van der Waals surface area contributed by atoms with E-state index in [0.717, 1.165) is 16.4 Å². The van der Waals surface area contributed by atoms with Crippen molar-refractivity contribution in [2.75, 3.05) is 5.32 Å². The molecule has 2 heterocycles. The van der Waals surface area contributed by atoms with E-state index in [1.54, 1.807) is 6.20 Å². The van der Waals surface area contributed by atoms with Gasteiger partial charge in [0.15, 0.2) is 5.82 Å². The number of nitrogens with zero attached hydrogens (tertiary/aromatic N) is 4. The minimum Gasteiger partial charge on any atom is -0.363 e.